The van der Waals surface area contributed by atoms with E-state index in [0.29, 0.717) is 23.4 Å². The molecule has 1 aromatic heterocycles. The van der Waals surface area contributed by atoms with Crippen molar-refractivity contribution in [1.29, 1.82) is 0 Å². The van der Waals surface area contributed by atoms with Crippen LogP contribution < -0.4 is 5.73 Å². The molecule has 10 rings (SSSR count). The van der Waals surface area contributed by atoms with E-state index in [4.69, 9.17) is 10.7 Å². The third kappa shape index (κ3) is 2.96. The maximum absolute atomic E-state index is 14.8. The highest BCUT2D eigenvalue weighted by Gasteiger charge is 2.65. The van der Waals surface area contributed by atoms with Crippen LogP contribution in [-0.4, -0.2) is 37.8 Å². The number of fused-ring (bicyclic) bond motifs is 1. The number of nitrogens with zero attached hydrogens (tertiary/aromatic N) is 3. The first-order chi connectivity index (χ1) is 17.4. The minimum Gasteiger partial charge on any atom is -0.369 e. The van der Waals surface area contributed by atoms with Crippen LogP contribution in [0, 0.1) is 41.4 Å². The Hall–Kier alpha value is -2.50. The number of para-hydroxylation sites is 2. The van der Waals surface area contributed by atoms with Crippen LogP contribution in [0.3, 0.4) is 0 Å². The van der Waals surface area contributed by atoms with Gasteiger partial charge in [0.15, 0.2) is 0 Å². The van der Waals surface area contributed by atoms with E-state index in [2.05, 4.69) is 9.88 Å². The van der Waals surface area contributed by atoms with Gasteiger partial charge in [-0.3, -0.25) is 14.6 Å². The number of hydrogen-bond donors (Lipinski definition) is 1. The molecule has 2 atom stereocenters. The van der Waals surface area contributed by atoms with Crippen molar-refractivity contribution in [2.24, 2.45) is 47.2 Å². The lowest BCUT2D eigenvalue weighted by atomic mass is 9.46. The highest BCUT2D eigenvalue weighted by atomic mass is 16.2. The second-order valence-electron chi connectivity index (χ2n) is 13.6. The molecule has 8 aliphatic rings. The molecule has 8 saturated carbocycles. The topological polar surface area (TPSA) is 89.2 Å². The van der Waals surface area contributed by atoms with Gasteiger partial charge in [0.05, 0.1) is 17.2 Å². The van der Waals surface area contributed by atoms with Crippen molar-refractivity contribution in [2.45, 2.75) is 81.7 Å². The minimum absolute atomic E-state index is 0.0107. The third-order valence-corrected chi connectivity index (χ3v) is 11.4. The van der Waals surface area contributed by atoms with E-state index in [1.807, 2.05) is 24.3 Å². The van der Waals surface area contributed by atoms with Crippen LogP contribution >= 0.6 is 0 Å². The normalized spacial score (nSPS) is 43.7. The Labute approximate surface area is 212 Å². The van der Waals surface area contributed by atoms with E-state index >= 15 is 0 Å². The molecule has 1 heterocycles. The quantitative estimate of drug-likeness (QED) is 0.680. The van der Waals surface area contributed by atoms with Gasteiger partial charge in [0, 0.05) is 17.0 Å². The van der Waals surface area contributed by atoms with Gasteiger partial charge in [-0.05, 0) is 118 Å². The fourth-order valence-corrected chi connectivity index (χ4v) is 11.2. The summed E-state index contributed by atoms with van der Waals surface area (Å²) in [6.45, 7) is 0. The molecule has 2 aromatic rings. The van der Waals surface area contributed by atoms with E-state index in [0.717, 1.165) is 80.2 Å². The summed E-state index contributed by atoms with van der Waals surface area (Å²) < 4.78 is 0. The number of nitrogens with two attached hydrogens (primary N) is 1. The lowest BCUT2D eigenvalue weighted by Gasteiger charge is -2.69. The van der Waals surface area contributed by atoms with Crippen LogP contribution in [0.25, 0.3) is 11.0 Å². The van der Waals surface area contributed by atoms with Crippen LogP contribution in [0.1, 0.15) is 81.1 Å². The van der Waals surface area contributed by atoms with Crippen molar-refractivity contribution in [3.63, 3.8) is 0 Å². The summed E-state index contributed by atoms with van der Waals surface area (Å²) in [6.07, 6.45) is 14.3. The maximum atomic E-state index is 14.8. The standard InChI is InChI=1S/C30H36N4O2/c31-27(35)26-21-8-20-9-22(26)15-30(13-20,14-21)34(29-10-17-5-18(11-29)7-19(6-17)12-29)28(36)25-16-32-23-3-1-2-4-24(23)33-25/h1-4,16-22,26H,5-15H2,(H2,31,35). The molecule has 2 amide bonds. The molecule has 8 fully saturated rings. The fourth-order valence-electron chi connectivity index (χ4n) is 11.2. The molecule has 6 nitrogen and oxygen atoms in total. The van der Waals surface area contributed by atoms with E-state index < -0.39 is 0 Å². The zero-order valence-electron chi connectivity index (χ0n) is 20.9. The zero-order valence-corrected chi connectivity index (χ0v) is 20.9. The van der Waals surface area contributed by atoms with Crippen molar-refractivity contribution in [1.82, 2.24) is 14.9 Å². The van der Waals surface area contributed by atoms with Gasteiger partial charge in [0.25, 0.3) is 5.91 Å². The molecular formula is C30H36N4O2. The van der Waals surface area contributed by atoms with Gasteiger partial charge >= 0.3 is 0 Å². The van der Waals surface area contributed by atoms with Crippen LogP contribution in [0.2, 0.25) is 0 Å². The van der Waals surface area contributed by atoms with Crippen LogP contribution in [-0.2, 0) is 4.79 Å². The third-order valence-electron chi connectivity index (χ3n) is 11.4. The number of benzene rings is 1. The Balaban J connectivity index is 1.26. The molecule has 2 unspecified atom stereocenters. The summed E-state index contributed by atoms with van der Waals surface area (Å²) in [6, 6.07) is 7.84. The molecule has 0 radical (unpaired) electrons. The SMILES string of the molecule is NC(=O)C1C2CC3CC1CC(N(C(=O)c1cnc4ccccc4n1)C14CC5CC(CC(C5)C1)C4)(C3)C2. The number of amides is 2. The highest BCUT2D eigenvalue weighted by molar-refractivity contribution is 5.95. The summed E-state index contributed by atoms with van der Waals surface area (Å²) in [7, 11) is 0. The predicted octanol–water partition coefficient (Wildman–Crippen LogP) is 4.72. The molecule has 8 bridgehead atoms. The van der Waals surface area contributed by atoms with Gasteiger partial charge < -0.3 is 10.6 Å². The first-order valence-electron chi connectivity index (χ1n) is 14.3. The van der Waals surface area contributed by atoms with E-state index in [1.165, 1.54) is 19.3 Å². The number of carbonyl (C=O) groups excluding carboxylic acids is 2. The Morgan fingerprint density at radius 1 is 0.778 bits per heavy atom. The summed E-state index contributed by atoms with van der Waals surface area (Å²) in [5.41, 5.74) is 7.82. The molecule has 8 aliphatic carbocycles. The highest BCUT2D eigenvalue weighted by Crippen LogP contribution is 2.65. The second kappa shape index (κ2) is 7.29. The van der Waals surface area contributed by atoms with Gasteiger partial charge in [-0.1, -0.05) is 12.1 Å². The summed E-state index contributed by atoms with van der Waals surface area (Å²) in [5.74, 6) is 3.46. The Morgan fingerprint density at radius 3 is 1.89 bits per heavy atom. The fraction of sp³-hybridized carbons (Fsp3) is 0.667. The molecule has 188 valence electrons. The maximum Gasteiger partial charge on any atom is 0.275 e. The molecule has 0 aliphatic heterocycles. The monoisotopic (exact) mass is 484 g/mol. The molecule has 6 heteroatoms. The second-order valence-corrected chi connectivity index (χ2v) is 13.6. The number of primary amides is 1. The lowest BCUT2D eigenvalue weighted by molar-refractivity contribution is -0.174. The van der Waals surface area contributed by atoms with Crippen molar-refractivity contribution < 1.29 is 9.59 Å². The Bertz CT molecular complexity index is 1220. The largest absolute Gasteiger partial charge is 0.369 e. The molecule has 36 heavy (non-hydrogen) atoms. The predicted molar refractivity (Wildman–Crippen MR) is 136 cm³/mol. The molecular weight excluding hydrogens is 448 g/mol. The van der Waals surface area contributed by atoms with Gasteiger partial charge in [0.1, 0.15) is 5.69 Å². The number of hydrogen-bond acceptors (Lipinski definition) is 4. The number of carbonyl (C=O) groups is 2. The zero-order chi connectivity index (χ0) is 24.2. The van der Waals surface area contributed by atoms with Crippen molar-refractivity contribution >= 4 is 22.8 Å². The number of aromatic nitrogens is 2. The lowest BCUT2D eigenvalue weighted by Crippen LogP contribution is -2.73. The molecule has 1 aromatic carbocycles. The first kappa shape index (κ1) is 21.6. The van der Waals surface area contributed by atoms with Crippen LogP contribution in [0.4, 0.5) is 0 Å². The van der Waals surface area contributed by atoms with E-state index in [1.54, 1.807) is 6.20 Å². The van der Waals surface area contributed by atoms with E-state index in [9.17, 15) is 9.59 Å². The Kier molecular flexibility index (Phi) is 4.37. The summed E-state index contributed by atoms with van der Waals surface area (Å²) in [5, 5.41) is 0. The van der Waals surface area contributed by atoms with Gasteiger partial charge in [-0.25, -0.2) is 4.98 Å². The molecule has 2 N–H and O–H groups in total. The number of rotatable bonds is 4. The summed E-state index contributed by atoms with van der Waals surface area (Å²) in [4.78, 5) is 39.2. The van der Waals surface area contributed by atoms with Crippen molar-refractivity contribution in [2.75, 3.05) is 0 Å². The minimum atomic E-state index is -0.168. The van der Waals surface area contributed by atoms with Crippen molar-refractivity contribution in [3.05, 3.63) is 36.2 Å². The first-order valence-corrected chi connectivity index (χ1v) is 14.3. The molecule has 0 spiro atoms. The average Bonchev–Trinajstić information content (AvgIpc) is 2.81. The van der Waals surface area contributed by atoms with Crippen molar-refractivity contribution in [3.8, 4) is 0 Å². The Morgan fingerprint density at radius 2 is 1.31 bits per heavy atom. The van der Waals surface area contributed by atoms with Gasteiger partial charge in [-0.15, -0.1) is 0 Å². The van der Waals surface area contributed by atoms with Crippen LogP contribution in [0.5, 0.6) is 0 Å². The molecule has 0 saturated heterocycles. The van der Waals surface area contributed by atoms with Crippen LogP contribution in [0.15, 0.2) is 30.5 Å². The summed E-state index contributed by atoms with van der Waals surface area (Å²) >= 11 is 0. The van der Waals surface area contributed by atoms with Gasteiger partial charge in [0.2, 0.25) is 5.91 Å². The smallest absolute Gasteiger partial charge is 0.275 e. The average molecular weight is 485 g/mol. The van der Waals surface area contributed by atoms with Gasteiger partial charge in [-0.2, -0.15) is 0 Å². The van der Waals surface area contributed by atoms with E-state index in [-0.39, 0.29) is 28.8 Å².